The quantitative estimate of drug-likeness (QED) is 0.775. The zero-order valence-electron chi connectivity index (χ0n) is 15.4. The number of amides is 1. The Morgan fingerprint density at radius 1 is 1.30 bits per heavy atom. The summed E-state index contributed by atoms with van der Waals surface area (Å²) < 4.78 is 5.29. The molecule has 27 heavy (non-hydrogen) atoms. The first kappa shape index (κ1) is 17.4. The topological polar surface area (TPSA) is 50.4 Å². The van der Waals surface area contributed by atoms with E-state index >= 15 is 0 Å². The third-order valence-electron chi connectivity index (χ3n) is 5.52. The van der Waals surface area contributed by atoms with Crippen LogP contribution in [-0.2, 0) is 0 Å². The van der Waals surface area contributed by atoms with Crippen LogP contribution >= 0.6 is 0 Å². The average molecular weight is 360 g/mol. The Hall–Kier alpha value is -3.01. The van der Waals surface area contributed by atoms with E-state index in [0.717, 1.165) is 17.9 Å². The third kappa shape index (κ3) is 3.12. The number of fused-ring (bicyclic) bond motifs is 3. The Morgan fingerprint density at radius 2 is 2.11 bits per heavy atom. The number of nitrogens with one attached hydrogen (secondary N) is 2. The van der Waals surface area contributed by atoms with E-state index in [0.29, 0.717) is 23.9 Å². The third-order valence-corrected chi connectivity index (χ3v) is 5.52. The van der Waals surface area contributed by atoms with E-state index in [9.17, 15) is 4.79 Å². The number of anilines is 1. The molecule has 0 radical (unpaired) electrons. The van der Waals surface area contributed by atoms with Crippen LogP contribution in [0.4, 0.5) is 5.69 Å². The van der Waals surface area contributed by atoms with Crippen LogP contribution in [0.2, 0.25) is 0 Å². The van der Waals surface area contributed by atoms with E-state index in [1.165, 1.54) is 11.1 Å². The minimum Gasteiger partial charge on any atom is -0.497 e. The molecule has 3 atom stereocenters. The molecule has 1 aliphatic carbocycles. The van der Waals surface area contributed by atoms with Gasteiger partial charge in [0.05, 0.1) is 24.4 Å². The van der Waals surface area contributed by atoms with Crippen LogP contribution in [0.15, 0.2) is 67.3 Å². The number of para-hydroxylation sites is 1. The highest BCUT2D eigenvalue weighted by Gasteiger charge is 2.39. The fourth-order valence-corrected chi connectivity index (χ4v) is 4.21. The van der Waals surface area contributed by atoms with E-state index in [-0.39, 0.29) is 11.9 Å². The number of rotatable bonds is 5. The van der Waals surface area contributed by atoms with Crippen LogP contribution < -0.4 is 15.4 Å². The van der Waals surface area contributed by atoms with Crippen LogP contribution in [-0.4, -0.2) is 19.6 Å². The summed E-state index contributed by atoms with van der Waals surface area (Å²) in [6.07, 6.45) is 7.26. The Labute approximate surface area is 159 Å². The van der Waals surface area contributed by atoms with Crippen molar-refractivity contribution >= 4 is 11.6 Å². The molecule has 0 bridgehead atoms. The van der Waals surface area contributed by atoms with Gasteiger partial charge in [-0.2, -0.15) is 0 Å². The van der Waals surface area contributed by atoms with E-state index in [1.54, 1.807) is 13.2 Å². The lowest BCUT2D eigenvalue weighted by Gasteiger charge is -2.38. The van der Waals surface area contributed by atoms with Crippen molar-refractivity contribution in [1.29, 1.82) is 0 Å². The van der Waals surface area contributed by atoms with Gasteiger partial charge in [-0.1, -0.05) is 42.5 Å². The predicted molar refractivity (Wildman–Crippen MR) is 108 cm³/mol. The number of carbonyl (C=O) groups excluding carboxylic acids is 1. The van der Waals surface area contributed by atoms with Crippen LogP contribution in [0.1, 0.15) is 39.9 Å². The number of hydrogen-bond acceptors (Lipinski definition) is 3. The van der Waals surface area contributed by atoms with Crippen LogP contribution in [0.3, 0.4) is 0 Å². The van der Waals surface area contributed by atoms with Crippen molar-refractivity contribution in [3.8, 4) is 5.75 Å². The molecule has 0 fully saturated rings. The Bertz CT molecular complexity index is 886. The highest BCUT2D eigenvalue weighted by Crippen LogP contribution is 2.50. The lowest BCUT2D eigenvalue weighted by Crippen LogP contribution is -2.32. The fourth-order valence-electron chi connectivity index (χ4n) is 4.21. The SMILES string of the molecule is C=CCNC(=O)c1cccc2c1NC(c1ccc(OC)cc1)C1CC=CC21. The minimum atomic E-state index is -0.0758. The number of carbonyl (C=O) groups is 1. The van der Waals surface area contributed by atoms with Crippen molar-refractivity contribution in [2.75, 3.05) is 19.0 Å². The molecule has 2 aromatic carbocycles. The van der Waals surface area contributed by atoms with E-state index in [4.69, 9.17) is 4.74 Å². The van der Waals surface area contributed by atoms with Gasteiger partial charge in [0.15, 0.2) is 0 Å². The second-order valence-electron chi connectivity index (χ2n) is 7.02. The Balaban J connectivity index is 1.73. The van der Waals surface area contributed by atoms with Crippen molar-refractivity contribution in [1.82, 2.24) is 5.32 Å². The number of benzene rings is 2. The van der Waals surface area contributed by atoms with Crippen LogP contribution in [0, 0.1) is 5.92 Å². The molecule has 1 aliphatic heterocycles. The highest BCUT2D eigenvalue weighted by molar-refractivity contribution is 6.00. The molecule has 3 unspecified atom stereocenters. The predicted octanol–water partition coefficient (Wildman–Crippen LogP) is 4.44. The summed E-state index contributed by atoms with van der Waals surface area (Å²) >= 11 is 0. The maximum absolute atomic E-state index is 12.7. The van der Waals surface area contributed by atoms with Gasteiger partial charge in [-0.15, -0.1) is 6.58 Å². The van der Waals surface area contributed by atoms with Crippen LogP contribution in [0.5, 0.6) is 5.75 Å². The first-order valence-electron chi connectivity index (χ1n) is 9.32. The lowest BCUT2D eigenvalue weighted by molar-refractivity contribution is 0.0958. The molecule has 4 heteroatoms. The molecule has 0 aromatic heterocycles. The smallest absolute Gasteiger partial charge is 0.253 e. The molecule has 1 amide bonds. The maximum atomic E-state index is 12.7. The Morgan fingerprint density at radius 3 is 2.85 bits per heavy atom. The molecule has 1 heterocycles. The van der Waals surface area contributed by atoms with Gasteiger partial charge in [0.1, 0.15) is 5.75 Å². The zero-order chi connectivity index (χ0) is 18.8. The van der Waals surface area contributed by atoms with Gasteiger partial charge >= 0.3 is 0 Å². The summed E-state index contributed by atoms with van der Waals surface area (Å²) in [4.78, 5) is 12.7. The summed E-state index contributed by atoms with van der Waals surface area (Å²) in [5.41, 5.74) is 4.03. The average Bonchev–Trinajstić information content (AvgIpc) is 3.21. The summed E-state index contributed by atoms with van der Waals surface area (Å²) in [6.45, 7) is 4.13. The zero-order valence-corrected chi connectivity index (χ0v) is 15.4. The monoisotopic (exact) mass is 360 g/mol. The maximum Gasteiger partial charge on any atom is 0.253 e. The summed E-state index contributed by atoms with van der Waals surface area (Å²) in [5.74, 6) is 1.53. The first-order chi connectivity index (χ1) is 13.2. The normalized spacial score (nSPS) is 22.3. The molecule has 2 N–H and O–H groups in total. The van der Waals surface area contributed by atoms with Crippen molar-refractivity contribution in [2.45, 2.75) is 18.4 Å². The fraction of sp³-hybridized carbons (Fsp3) is 0.261. The van der Waals surface area contributed by atoms with Crippen LogP contribution in [0.25, 0.3) is 0 Å². The van der Waals surface area contributed by atoms with Gasteiger partial charge in [0.25, 0.3) is 5.91 Å². The van der Waals surface area contributed by atoms with Crippen molar-refractivity contribution < 1.29 is 9.53 Å². The molecule has 4 rings (SSSR count). The van der Waals surface area contributed by atoms with Crippen molar-refractivity contribution in [3.05, 3.63) is 84.0 Å². The largest absolute Gasteiger partial charge is 0.497 e. The van der Waals surface area contributed by atoms with E-state index in [2.05, 4.69) is 47.6 Å². The molecule has 2 aromatic rings. The number of methoxy groups -OCH3 is 1. The number of hydrogen-bond donors (Lipinski definition) is 2. The van der Waals surface area contributed by atoms with Gasteiger partial charge < -0.3 is 15.4 Å². The molecular weight excluding hydrogens is 336 g/mol. The first-order valence-corrected chi connectivity index (χ1v) is 9.32. The molecule has 4 nitrogen and oxygen atoms in total. The molecule has 0 saturated carbocycles. The van der Waals surface area contributed by atoms with E-state index < -0.39 is 0 Å². The highest BCUT2D eigenvalue weighted by atomic mass is 16.5. The number of ether oxygens (including phenoxy) is 1. The van der Waals surface area contributed by atoms with Gasteiger partial charge in [0.2, 0.25) is 0 Å². The van der Waals surface area contributed by atoms with E-state index in [1.807, 2.05) is 24.3 Å². The molecular formula is C23H24N2O2. The van der Waals surface area contributed by atoms with Crippen molar-refractivity contribution in [2.24, 2.45) is 5.92 Å². The summed E-state index contributed by atoms with van der Waals surface area (Å²) in [6, 6.07) is 14.3. The molecule has 2 aliphatic rings. The van der Waals surface area contributed by atoms with Crippen molar-refractivity contribution in [3.63, 3.8) is 0 Å². The van der Waals surface area contributed by atoms with Gasteiger partial charge in [-0.25, -0.2) is 0 Å². The molecule has 138 valence electrons. The number of allylic oxidation sites excluding steroid dienone is 2. The van der Waals surface area contributed by atoms with Gasteiger partial charge in [-0.05, 0) is 41.7 Å². The summed E-state index contributed by atoms with van der Waals surface area (Å²) in [7, 11) is 1.68. The second-order valence-corrected chi connectivity index (χ2v) is 7.02. The summed E-state index contributed by atoms with van der Waals surface area (Å²) in [5, 5.41) is 6.58. The van der Waals surface area contributed by atoms with Gasteiger partial charge in [-0.3, -0.25) is 4.79 Å². The standard InChI is InChI=1S/C23H24N2O2/c1-3-14-24-23(26)20-9-5-8-19-17-6-4-7-18(17)21(25-22(19)20)15-10-12-16(27-2)13-11-15/h3-6,8-13,17-18,21,25H,1,7,14H2,2H3,(H,24,26). The molecule has 0 saturated heterocycles. The Kier molecular flexibility index (Phi) is 4.71. The lowest BCUT2D eigenvalue weighted by atomic mass is 9.76. The molecule has 0 spiro atoms. The van der Waals surface area contributed by atoms with Gasteiger partial charge in [0, 0.05) is 12.5 Å². The minimum absolute atomic E-state index is 0.0758. The second kappa shape index (κ2) is 7.31.